The first-order valence-corrected chi connectivity index (χ1v) is 5.75. The summed E-state index contributed by atoms with van der Waals surface area (Å²) in [6.45, 7) is 1.14. The molecule has 0 aliphatic carbocycles. The van der Waals surface area contributed by atoms with E-state index >= 15 is 0 Å². The Hall–Kier alpha value is -2.77. The highest BCUT2D eigenvalue weighted by Crippen LogP contribution is 2.19. The van der Waals surface area contributed by atoms with E-state index in [0.29, 0.717) is 5.56 Å². The quantitative estimate of drug-likeness (QED) is 0.465. The van der Waals surface area contributed by atoms with E-state index in [2.05, 4.69) is 5.32 Å². The normalized spacial score (nSPS) is 14.9. The second-order valence-electron chi connectivity index (χ2n) is 4.39. The largest absolute Gasteiger partial charge is 0.320 e. The molecule has 1 fully saturated rings. The van der Waals surface area contributed by atoms with Gasteiger partial charge in [0.15, 0.2) is 0 Å². The molecule has 8 nitrogen and oxygen atoms in total. The van der Waals surface area contributed by atoms with Gasteiger partial charge in [-0.15, -0.1) is 0 Å². The zero-order chi connectivity index (χ0) is 14.9. The molecule has 1 aliphatic heterocycles. The summed E-state index contributed by atoms with van der Waals surface area (Å²) in [7, 11) is 0. The van der Waals surface area contributed by atoms with Crippen molar-refractivity contribution in [1.29, 1.82) is 0 Å². The number of piperazine rings is 1. The molecule has 1 aromatic rings. The van der Waals surface area contributed by atoms with Crippen LogP contribution < -0.4 is 5.32 Å². The molecule has 1 aliphatic rings. The highest BCUT2D eigenvalue weighted by Gasteiger charge is 2.28. The van der Waals surface area contributed by atoms with Crippen LogP contribution in [0.2, 0.25) is 0 Å². The number of aryl methyl sites for hydroxylation is 1. The van der Waals surface area contributed by atoms with Crippen molar-refractivity contribution in [2.24, 2.45) is 0 Å². The van der Waals surface area contributed by atoms with Crippen molar-refractivity contribution in [1.82, 2.24) is 10.2 Å². The first kappa shape index (κ1) is 13.7. The molecular weight excluding hydrogens is 266 g/mol. The van der Waals surface area contributed by atoms with Crippen LogP contribution in [0.1, 0.15) is 15.9 Å². The van der Waals surface area contributed by atoms with Gasteiger partial charge in [0.25, 0.3) is 11.6 Å². The molecule has 1 aromatic carbocycles. The van der Waals surface area contributed by atoms with Crippen molar-refractivity contribution in [3.05, 3.63) is 39.4 Å². The van der Waals surface area contributed by atoms with Gasteiger partial charge >= 0.3 is 0 Å². The minimum absolute atomic E-state index is 0.113. The van der Waals surface area contributed by atoms with Gasteiger partial charge in [-0.3, -0.25) is 29.8 Å². The summed E-state index contributed by atoms with van der Waals surface area (Å²) in [6.07, 6.45) is 0. The molecule has 0 aromatic heterocycles. The fraction of sp³-hybridized carbons (Fsp3) is 0.250. The molecule has 0 unspecified atom stereocenters. The first-order valence-electron chi connectivity index (χ1n) is 5.75. The minimum Gasteiger partial charge on any atom is -0.320 e. The molecule has 3 amide bonds. The van der Waals surface area contributed by atoms with Gasteiger partial charge in [-0.25, -0.2) is 0 Å². The SMILES string of the molecule is Cc1ccc([N+](=O)[O-])cc1C(=O)N1CC(=O)NC(=O)C1. The van der Waals surface area contributed by atoms with Gasteiger partial charge in [0.2, 0.25) is 11.8 Å². The summed E-state index contributed by atoms with van der Waals surface area (Å²) in [6, 6.07) is 3.89. The van der Waals surface area contributed by atoms with E-state index in [0.717, 1.165) is 11.0 Å². The van der Waals surface area contributed by atoms with Crippen molar-refractivity contribution in [3.63, 3.8) is 0 Å². The monoisotopic (exact) mass is 277 g/mol. The fourth-order valence-corrected chi connectivity index (χ4v) is 1.91. The number of nitrogens with one attached hydrogen (secondary N) is 1. The summed E-state index contributed by atoms with van der Waals surface area (Å²) in [5, 5.41) is 12.8. The minimum atomic E-state index is -0.607. The second kappa shape index (κ2) is 5.08. The highest BCUT2D eigenvalue weighted by molar-refractivity contribution is 6.06. The number of carbonyl (C=O) groups excluding carboxylic acids is 3. The third-order valence-corrected chi connectivity index (χ3v) is 2.90. The van der Waals surface area contributed by atoms with Crippen molar-refractivity contribution < 1.29 is 19.3 Å². The Kier molecular flexibility index (Phi) is 3.47. The number of amides is 3. The Bertz CT molecular complexity index is 610. The average molecular weight is 277 g/mol. The van der Waals surface area contributed by atoms with Gasteiger partial charge in [-0.05, 0) is 12.5 Å². The van der Waals surface area contributed by atoms with E-state index < -0.39 is 22.6 Å². The van der Waals surface area contributed by atoms with Gasteiger partial charge in [0.1, 0.15) is 13.1 Å². The smallest absolute Gasteiger partial charge is 0.270 e. The predicted octanol–water partition coefficient (Wildman–Crippen LogP) is 0.00182. The van der Waals surface area contributed by atoms with Gasteiger partial charge in [-0.1, -0.05) is 6.07 Å². The predicted molar refractivity (Wildman–Crippen MR) is 66.9 cm³/mol. The van der Waals surface area contributed by atoms with Crippen LogP contribution >= 0.6 is 0 Å². The maximum atomic E-state index is 12.3. The number of hydrogen-bond acceptors (Lipinski definition) is 5. The zero-order valence-corrected chi connectivity index (χ0v) is 10.6. The lowest BCUT2D eigenvalue weighted by Crippen LogP contribution is -2.53. The van der Waals surface area contributed by atoms with E-state index in [1.165, 1.54) is 12.1 Å². The Morgan fingerprint density at radius 3 is 2.45 bits per heavy atom. The molecule has 1 saturated heterocycles. The van der Waals surface area contributed by atoms with Crippen molar-refractivity contribution in [2.75, 3.05) is 13.1 Å². The van der Waals surface area contributed by atoms with Crippen LogP contribution in [0, 0.1) is 17.0 Å². The lowest BCUT2D eigenvalue weighted by molar-refractivity contribution is -0.384. The molecule has 0 atom stereocenters. The number of nitro benzene ring substituents is 1. The molecule has 2 rings (SSSR count). The molecule has 0 saturated carbocycles. The molecule has 20 heavy (non-hydrogen) atoms. The van der Waals surface area contributed by atoms with E-state index in [-0.39, 0.29) is 24.3 Å². The lowest BCUT2D eigenvalue weighted by atomic mass is 10.1. The van der Waals surface area contributed by atoms with E-state index in [9.17, 15) is 24.5 Å². The fourth-order valence-electron chi connectivity index (χ4n) is 1.91. The number of hydrogen-bond donors (Lipinski definition) is 1. The Labute approximate surface area is 113 Å². The Morgan fingerprint density at radius 1 is 1.30 bits per heavy atom. The Morgan fingerprint density at radius 2 is 1.90 bits per heavy atom. The molecule has 0 bridgehead atoms. The van der Waals surface area contributed by atoms with Gasteiger partial charge < -0.3 is 4.90 Å². The van der Waals surface area contributed by atoms with Crippen molar-refractivity contribution in [3.8, 4) is 0 Å². The number of imide groups is 1. The molecule has 0 radical (unpaired) electrons. The molecule has 1 N–H and O–H groups in total. The molecule has 1 heterocycles. The van der Waals surface area contributed by atoms with Crippen LogP contribution in [0.25, 0.3) is 0 Å². The number of non-ortho nitro benzene ring substituents is 1. The van der Waals surface area contributed by atoms with Crippen molar-refractivity contribution in [2.45, 2.75) is 6.92 Å². The number of rotatable bonds is 2. The number of nitrogens with zero attached hydrogens (tertiary/aromatic N) is 2. The molecule has 0 spiro atoms. The first-order chi connectivity index (χ1) is 9.38. The molecule has 8 heteroatoms. The highest BCUT2D eigenvalue weighted by atomic mass is 16.6. The maximum Gasteiger partial charge on any atom is 0.270 e. The van der Waals surface area contributed by atoms with Crippen LogP contribution in [-0.4, -0.2) is 40.6 Å². The summed E-state index contributed by atoms with van der Waals surface area (Å²) in [5.74, 6) is -1.72. The van der Waals surface area contributed by atoms with E-state index in [1.807, 2.05) is 0 Å². The van der Waals surface area contributed by atoms with Crippen LogP contribution in [-0.2, 0) is 9.59 Å². The second-order valence-corrected chi connectivity index (χ2v) is 4.39. The third-order valence-electron chi connectivity index (χ3n) is 2.90. The van der Waals surface area contributed by atoms with Crippen LogP contribution in [0.4, 0.5) is 5.69 Å². The summed E-state index contributed by atoms with van der Waals surface area (Å²) < 4.78 is 0. The topological polar surface area (TPSA) is 110 Å². The number of nitro groups is 1. The van der Waals surface area contributed by atoms with Crippen LogP contribution in [0.5, 0.6) is 0 Å². The standard InChI is InChI=1S/C12H11N3O5/c1-7-2-3-8(15(19)20)4-9(7)12(18)14-5-10(16)13-11(17)6-14/h2-4H,5-6H2,1H3,(H,13,16,17). The number of carbonyl (C=O) groups is 3. The maximum absolute atomic E-state index is 12.3. The van der Waals surface area contributed by atoms with Crippen LogP contribution in [0.15, 0.2) is 18.2 Å². The lowest BCUT2D eigenvalue weighted by Gasteiger charge is -2.25. The van der Waals surface area contributed by atoms with E-state index in [4.69, 9.17) is 0 Å². The summed E-state index contributed by atoms with van der Waals surface area (Å²) >= 11 is 0. The van der Waals surface area contributed by atoms with Crippen LogP contribution in [0.3, 0.4) is 0 Å². The van der Waals surface area contributed by atoms with Gasteiger partial charge in [0, 0.05) is 17.7 Å². The molecular formula is C12H11N3O5. The molecule has 104 valence electrons. The van der Waals surface area contributed by atoms with E-state index in [1.54, 1.807) is 6.92 Å². The summed E-state index contributed by atoms with van der Waals surface area (Å²) in [5.41, 5.74) is 0.437. The summed E-state index contributed by atoms with van der Waals surface area (Å²) in [4.78, 5) is 45.9. The van der Waals surface area contributed by atoms with Crippen molar-refractivity contribution >= 4 is 23.4 Å². The van der Waals surface area contributed by atoms with Gasteiger partial charge in [-0.2, -0.15) is 0 Å². The number of benzene rings is 1. The average Bonchev–Trinajstić information content (AvgIpc) is 2.37. The Balaban J connectivity index is 2.33. The zero-order valence-electron chi connectivity index (χ0n) is 10.6. The third kappa shape index (κ3) is 2.63. The van der Waals surface area contributed by atoms with Gasteiger partial charge in [0.05, 0.1) is 4.92 Å².